The fourth-order valence-electron chi connectivity index (χ4n) is 3.58. The molecule has 28 heavy (non-hydrogen) atoms. The Morgan fingerprint density at radius 2 is 1.96 bits per heavy atom. The topological polar surface area (TPSA) is 54.9 Å². The van der Waals surface area contributed by atoms with Crippen LogP contribution in [-0.2, 0) is 12.8 Å². The maximum atomic E-state index is 12.9. The Hall–Kier alpha value is -2.60. The molecule has 2 aromatic rings. The molecule has 0 fully saturated rings. The molecule has 150 valence electrons. The van der Waals surface area contributed by atoms with Gasteiger partial charge in [0.05, 0.1) is 14.2 Å². The summed E-state index contributed by atoms with van der Waals surface area (Å²) in [4.78, 5) is 21.3. The molecule has 1 aliphatic rings. The Kier molecular flexibility index (Phi) is 6.87. The van der Waals surface area contributed by atoms with Gasteiger partial charge in [-0.15, -0.1) is 0 Å². The number of fused-ring (bicyclic) bond motifs is 1. The molecule has 6 nitrogen and oxygen atoms in total. The lowest BCUT2D eigenvalue weighted by Crippen LogP contribution is -2.39. The van der Waals surface area contributed by atoms with Crippen molar-refractivity contribution in [3.05, 3.63) is 53.3 Å². The minimum atomic E-state index is 0.0835. The van der Waals surface area contributed by atoms with Gasteiger partial charge in [-0.1, -0.05) is 6.07 Å². The number of carbonyl (C=O) groups is 1. The molecule has 2 heterocycles. The van der Waals surface area contributed by atoms with E-state index in [-0.39, 0.29) is 5.91 Å². The van der Waals surface area contributed by atoms with Gasteiger partial charge >= 0.3 is 0 Å². The zero-order valence-corrected chi connectivity index (χ0v) is 17.0. The molecule has 0 spiro atoms. The van der Waals surface area contributed by atoms with Crippen LogP contribution in [0.15, 0.2) is 36.7 Å². The van der Waals surface area contributed by atoms with Gasteiger partial charge in [0.25, 0.3) is 5.91 Å². The van der Waals surface area contributed by atoms with E-state index in [0.717, 1.165) is 56.6 Å². The molecule has 6 heteroatoms. The Balaban J connectivity index is 1.50. The van der Waals surface area contributed by atoms with Crippen LogP contribution in [0.25, 0.3) is 0 Å². The number of pyridine rings is 1. The fourth-order valence-corrected chi connectivity index (χ4v) is 3.58. The van der Waals surface area contributed by atoms with Gasteiger partial charge < -0.3 is 19.3 Å². The third-order valence-electron chi connectivity index (χ3n) is 5.25. The van der Waals surface area contributed by atoms with E-state index >= 15 is 0 Å². The van der Waals surface area contributed by atoms with Crippen molar-refractivity contribution < 1.29 is 14.3 Å². The lowest BCUT2D eigenvalue weighted by Gasteiger charge is -2.30. The number of methoxy groups -OCH3 is 2. The molecular formula is C22H29N3O3. The van der Waals surface area contributed by atoms with E-state index < -0.39 is 0 Å². The highest BCUT2D eigenvalue weighted by Gasteiger charge is 2.26. The number of ether oxygens (including phenoxy) is 2. The standard InChI is InChI=1S/C22H29N3O3/c1-24(12-7-17-6-4-9-23-16-17)10-5-11-25-13-8-18-14-20(27-2)21(28-3)15-19(18)22(25)26/h4,6,9,14-16H,5,7-8,10-13H2,1-3H3. The van der Waals surface area contributed by atoms with Gasteiger partial charge in [-0.3, -0.25) is 9.78 Å². The number of hydrogen-bond acceptors (Lipinski definition) is 5. The summed E-state index contributed by atoms with van der Waals surface area (Å²) < 4.78 is 10.7. The maximum absolute atomic E-state index is 12.9. The van der Waals surface area contributed by atoms with Crippen LogP contribution in [0.2, 0.25) is 0 Å². The van der Waals surface area contributed by atoms with E-state index in [9.17, 15) is 4.79 Å². The third-order valence-corrected chi connectivity index (χ3v) is 5.25. The number of amides is 1. The molecule has 1 aliphatic heterocycles. The number of benzene rings is 1. The van der Waals surface area contributed by atoms with Crippen molar-refractivity contribution in [3.63, 3.8) is 0 Å². The Morgan fingerprint density at radius 1 is 1.18 bits per heavy atom. The summed E-state index contributed by atoms with van der Waals surface area (Å²) >= 11 is 0. The number of hydrogen-bond donors (Lipinski definition) is 0. The number of nitrogens with zero attached hydrogens (tertiary/aromatic N) is 3. The van der Waals surface area contributed by atoms with Crippen molar-refractivity contribution in [2.75, 3.05) is 47.4 Å². The molecule has 0 atom stereocenters. The Labute approximate surface area is 167 Å². The summed E-state index contributed by atoms with van der Waals surface area (Å²) in [7, 11) is 5.34. The Bertz CT molecular complexity index is 795. The highest BCUT2D eigenvalue weighted by Crippen LogP contribution is 2.33. The van der Waals surface area contributed by atoms with E-state index in [1.807, 2.05) is 29.3 Å². The predicted molar refractivity (Wildman–Crippen MR) is 109 cm³/mol. The van der Waals surface area contributed by atoms with E-state index in [4.69, 9.17) is 9.47 Å². The molecule has 1 aromatic heterocycles. The average molecular weight is 383 g/mol. The van der Waals surface area contributed by atoms with Crippen molar-refractivity contribution in [3.8, 4) is 11.5 Å². The van der Waals surface area contributed by atoms with Gasteiger partial charge in [-0.05, 0) is 62.2 Å². The number of carbonyl (C=O) groups excluding carboxylic acids is 1. The summed E-state index contributed by atoms with van der Waals surface area (Å²) in [6, 6.07) is 7.81. The lowest BCUT2D eigenvalue weighted by atomic mass is 9.98. The fraction of sp³-hybridized carbons (Fsp3) is 0.455. The number of likely N-dealkylation sites (N-methyl/N-ethyl adjacent to an activating group) is 1. The largest absolute Gasteiger partial charge is 0.493 e. The zero-order valence-electron chi connectivity index (χ0n) is 17.0. The van der Waals surface area contributed by atoms with Gasteiger partial charge in [-0.2, -0.15) is 0 Å². The second kappa shape index (κ2) is 9.55. The van der Waals surface area contributed by atoms with Gasteiger partial charge in [0, 0.05) is 37.6 Å². The van der Waals surface area contributed by atoms with Crippen LogP contribution < -0.4 is 9.47 Å². The van der Waals surface area contributed by atoms with E-state index in [2.05, 4.69) is 23.0 Å². The first-order valence-corrected chi connectivity index (χ1v) is 9.74. The first-order chi connectivity index (χ1) is 13.6. The van der Waals surface area contributed by atoms with Crippen molar-refractivity contribution in [2.24, 2.45) is 0 Å². The van der Waals surface area contributed by atoms with E-state index in [0.29, 0.717) is 11.5 Å². The molecule has 3 rings (SSSR count). The van der Waals surface area contributed by atoms with Crippen LogP contribution >= 0.6 is 0 Å². The third kappa shape index (κ3) is 4.81. The molecule has 0 unspecified atom stereocenters. The number of rotatable bonds is 9. The first-order valence-electron chi connectivity index (χ1n) is 9.74. The normalized spacial score (nSPS) is 13.6. The SMILES string of the molecule is COc1cc2c(cc1OC)C(=O)N(CCCN(C)CCc1cccnc1)CC2. The molecule has 0 N–H and O–H groups in total. The second-order valence-corrected chi connectivity index (χ2v) is 7.17. The highest BCUT2D eigenvalue weighted by molar-refractivity contribution is 5.97. The summed E-state index contributed by atoms with van der Waals surface area (Å²) in [5.74, 6) is 1.37. The van der Waals surface area contributed by atoms with E-state index in [1.54, 1.807) is 20.4 Å². The number of aromatic nitrogens is 1. The Morgan fingerprint density at radius 3 is 2.68 bits per heavy atom. The van der Waals surface area contributed by atoms with Gasteiger partial charge in [0.1, 0.15) is 0 Å². The lowest BCUT2D eigenvalue weighted by molar-refractivity contribution is 0.0732. The van der Waals surface area contributed by atoms with Crippen LogP contribution in [-0.4, -0.2) is 68.1 Å². The van der Waals surface area contributed by atoms with Crippen LogP contribution in [0.1, 0.15) is 27.9 Å². The summed E-state index contributed by atoms with van der Waals surface area (Å²) in [5, 5.41) is 0. The molecule has 1 amide bonds. The first kappa shape index (κ1) is 20.1. The van der Waals surface area contributed by atoms with Crippen molar-refractivity contribution >= 4 is 5.91 Å². The summed E-state index contributed by atoms with van der Waals surface area (Å²) in [6.07, 6.45) is 6.51. The molecule has 0 radical (unpaired) electrons. The molecular weight excluding hydrogens is 354 g/mol. The van der Waals surface area contributed by atoms with Gasteiger partial charge in [0.2, 0.25) is 0 Å². The maximum Gasteiger partial charge on any atom is 0.254 e. The molecule has 0 saturated carbocycles. The summed E-state index contributed by atoms with van der Waals surface area (Å²) in [5.41, 5.74) is 3.02. The van der Waals surface area contributed by atoms with Crippen LogP contribution in [0, 0.1) is 0 Å². The minimum Gasteiger partial charge on any atom is -0.493 e. The smallest absolute Gasteiger partial charge is 0.254 e. The van der Waals surface area contributed by atoms with Crippen molar-refractivity contribution in [1.29, 1.82) is 0 Å². The molecule has 0 bridgehead atoms. The summed E-state index contributed by atoms with van der Waals surface area (Å²) in [6.45, 7) is 3.47. The average Bonchev–Trinajstić information content (AvgIpc) is 2.73. The van der Waals surface area contributed by atoms with Crippen LogP contribution in [0.3, 0.4) is 0 Å². The predicted octanol–water partition coefficient (Wildman–Crippen LogP) is 2.66. The monoisotopic (exact) mass is 383 g/mol. The highest BCUT2D eigenvalue weighted by atomic mass is 16.5. The molecule has 0 aliphatic carbocycles. The van der Waals surface area contributed by atoms with Crippen LogP contribution in [0.4, 0.5) is 0 Å². The molecule has 0 saturated heterocycles. The van der Waals surface area contributed by atoms with Crippen molar-refractivity contribution in [2.45, 2.75) is 19.3 Å². The zero-order chi connectivity index (χ0) is 19.9. The van der Waals surface area contributed by atoms with Crippen molar-refractivity contribution in [1.82, 2.24) is 14.8 Å². The molecule has 1 aromatic carbocycles. The van der Waals surface area contributed by atoms with Crippen LogP contribution in [0.5, 0.6) is 11.5 Å². The van der Waals surface area contributed by atoms with Gasteiger partial charge in [0.15, 0.2) is 11.5 Å². The van der Waals surface area contributed by atoms with Gasteiger partial charge in [-0.25, -0.2) is 0 Å². The minimum absolute atomic E-state index is 0.0835. The second-order valence-electron chi connectivity index (χ2n) is 7.17. The van der Waals surface area contributed by atoms with E-state index in [1.165, 1.54) is 5.56 Å². The quantitative estimate of drug-likeness (QED) is 0.666.